The van der Waals surface area contributed by atoms with Crippen LogP contribution in [0.1, 0.15) is 29.8 Å². The molecule has 1 fully saturated rings. The first-order chi connectivity index (χ1) is 12.2. The molecule has 27 heavy (non-hydrogen) atoms. The van der Waals surface area contributed by atoms with E-state index in [4.69, 9.17) is 10.5 Å². The predicted octanol–water partition coefficient (Wildman–Crippen LogP) is 3.76. The first kappa shape index (κ1) is 23.8. The summed E-state index contributed by atoms with van der Waals surface area (Å²) in [4.78, 5) is 18.9. The van der Waals surface area contributed by atoms with Crippen LogP contribution in [-0.2, 0) is 4.74 Å². The van der Waals surface area contributed by atoms with Crippen molar-refractivity contribution < 1.29 is 13.9 Å². The second-order valence-electron chi connectivity index (χ2n) is 6.05. The Morgan fingerprint density at radius 2 is 1.93 bits per heavy atom. The minimum Gasteiger partial charge on any atom is -0.378 e. The molecule has 2 aromatic rings. The molecule has 0 unspecified atom stereocenters. The maximum Gasteiger partial charge on any atom is 0.273 e. The molecule has 0 spiro atoms. The number of carbonyl (C=O) groups is 1. The molecule has 0 radical (unpaired) electrons. The summed E-state index contributed by atoms with van der Waals surface area (Å²) < 4.78 is 18.8. The minimum atomic E-state index is -0.284. The number of nitrogens with zero attached hydrogens (tertiary/aromatic N) is 2. The van der Waals surface area contributed by atoms with Crippen LogP contribution in [0.4, 0.5) is 4.39 Å². The number of benzene rings is 1. The lowest BCUT2D eigenvalue weighted by Gasteiger charge is -2.31. The maximum absolute atomic E-state index is 13.0. The van der Waals surface area contributed by atoms with Gasteiger partial charge in [0.25, 0.3) is 5.91 Å². The van der Waals surface area contributed by atoms with Gasteiger partial charge in [0.05, 0.1) is 6.10 Å². The van der Waals surface area contributed by atoms with Crippen LogP contribution in [0.15, 0.2) is 29.6 Å². The monoisotopic (exact) mass is 435 g/mol. The number of amides is 1. The SMILES string of the molecule is Cl.Cl.NCCCOC1CCN(C(=O)c2csc(-c3ccc(F)cc3)n2)CC1. The molecule has 1 saturated heterocycles. The van der Waals surface area contributed by atoms with Gasteiger partial charge in [0, 0.05) is 30.6 Å². The molecule has 150 valence electrons. The van der Waals surface area contributed by atoms with Gasteiger partial charge in [0.15, 0.2) is 0 Å². The lowest BCUT2D eigenvalue weighted by Crippen LogP contribution is -2.41. The molecule has 1 aromatic heterocycles. The number of carbonyl (C=O) groups excluding carboxylic acids is 1. The largest absolute Gasteiger partial charge is 0.378 e. The van der Waals surface area contributed by atoms with Crippen LogP contribution in [0.25, 0.3) is 10.6 Å². The van der Waals surface area contributed by atoms with Crippen molar-refractivity contribution in [3.05, 3.63) is 41.2 Å². The van der Waals surface area contributed by atoms with Crippen molar-refractivity contribution >= 4 is 42.1 Å². The van der Waals surface area contributed by atoms with Crippen LogP contribution in [0.3, 0.4) is 0 Å². The Hall–Kier alpha value is -1.25. The first-order valence-electron chi connectivity index (χ1n) is 8.50. The van der Waals surface area contributed by atoms with Crippen LogP contribution in [-0.4, -0.2) is 48.1 Å². The zero-order valence-electron chi connectivity index (χ0n) is 14.8. The zero-order valence-corrected chi connectivity index (χ0v) is 17.3. The van der Waals surface area contributed by atoms with Gasteiger partial charge in [-0.15, -0.1) is 36.2 Å². The Labute approximate surface area is 174 Å². The van der Waals surface area contributed by atoms with Crippen molar-refractivity contribution in [2.45, 2.75) is 25.4 Å². The van der Waals surface area contributed by atoms with E-state index in [-0.39, 0.29) is 42.6 Å². The smallest absolute Gasteiger partial charge is 0.273 e. The van der Waals surface area contributed by atoms with Gasteiger partial charge in [-0.05, 0) is 50.1 Å². The van der Waals surface area contributed by atoms with Gasteiger partial charge in [-0.2, -0.15) is 0 Å². The highest BCUT2D eigenvalue weighted by molar-refractivity contribution is 7.13. The normalized spacial score (nSPS) is 14.4. The van der Waals surface area contributed by atoms with Crippen molar-refractivity contribution in [1.29, 1.82) is 0 Å². The lowest BCUT2D eigenvalue weighted by molar-refractivity contribution is 0.00831. The van der Waals surface area contributed by atoms with E-state index in [2.05, 4.69) is 4.98 Å². The Balaban J connectivity index is 0.00000182. The van der Waals surface area contributed by atoms with Crippen LogP contribution in [0, 0.1) is 5.82 Å². The van der Waals surface area contributed by atoms with Gasteiger partial charge in [-0.25, -0.2) is 9.37 Å². The number of halogens is 3. The van der Waals surface area contributed by atoms with Crippen molar-refractivity contribution in [2.75, 3.05) is 26.2 Å². The minimum absolute atomic E-state index is 0. The fourth-order valence-corrected chi connectivity index (χ4v) is 3.62. The summed E-state index contributed by atoms with van der Waals surface area (Å²) in [5.74, 6) is -0.335. The summed E-state index contributed by atoms with van der Waals surface area (Å²) in [5.41, 5.74) is 6.73. The zero-order chi connectivity index (χ0) is 17.6. The standard InChI is InChI=1S/C18H22FN3O2S.2ClH/c19-14-4-2-13(3-5-14)17-21-16(12-25-17)18(23)22-9-6-15(7-10-22)24-11-1-8-20;;/h2-5,12,15H,1,6-11,20H2;2*1H. The Morgan fingerprint density at radius 3 is 2.56 bits per heavy atom. The molecular formula is C18H24Cl2FN3O2S. The number of likely N-dealkylation sites (tertiary alicyclic amines) is 1. The van der Waals surface area contributed by atoms with E-state index < -0.39 is 0 Å². The Kier molecular flexibility index (Phi) is 10.2. The third-order valence-corrected chi connectivity index (χ3v) is 5.14. The third kappa shape index (κ3) is 6.40. The van der Waals surface area contributed by atoms with E-state index >= 15 is 0 Å². The quantitative estimate of drug-likeness (QED) is 0.701. The van der Waals surface area contributed by atoms with Gasteiger partial charge >= 0.3 is 0 Å². The summed E-state index contributed by atoms with van der Waals surface area (Å²) in [5, 5.41) is 2.49. The number of ether oxygens (including phenoxy) is 1. The van der Waals surface area contributed by atoms with E-state index in [1.807, 2.05) is 4.90 Å². The molecule has 0 atom stereocenters. The highest BCUT2D eigenvalue weighted by Crippen LogP contribution is 2.25. The highest BCUT2D eigenvalue weighted by Gasteiger charge is 2.25. The molecule has 0 aliphatic carbocycles. The van der Waals surface area contributed by atoms with Crippen LogP contribution in [0.5, 0.6) is 0 Å². The van der Waals surface area contributed by atoms with Gasteiger partial charge in [0.1, 0.15) is 16.5 Å². The summed E-state index contributed by atoms with van der Waals surface area (Å²) in [6.07, 6.45) is 2.75. The van der Waals surface area contributed by atoms with E-state index in [1.165, 1.54) is 23.5 Å². The average molecular weight is 436 g/mol. The molecular weight excluding hydrogens is 412 g/mol. The Morgan fingerprint density at radius 1 is 1.26 bits per heavy atom. The molecule has 1 amide bonds. The van der Waals surface area contributed by atoms with Crippen LogP contribution in [0.2, 0.25) is 0 Å². The predicted molar refractivity (Wildman–Crippen MR) is 111 cm³/mol. The van der Waals surface area contributed by atoms with Gasteiger partial charge < -0.3 is 15.4 Å². The number of hydrogen-bond acceptors (Lipinski definition) is 5. The molecule has 9 heteroatoms. The molecule has 1 aromatic carbocycles. The van der Waals surface area contributed by atoms with Crippen molar-refractivity contribution in [1.82, 2.24) is 9.88 Å². The van der Waals surface area contributed by atoms with Gasteiger partial charge in [-0.1, -0.05) is 0 Å². The fourth-order valence-electron chi connectivity index (χ4n) is 2.82. The second kappa shape index (κ2) is 11.6. The number of nitrogens with two attached hydrogens (primary N) is 1. The summed E-state index contributed by atoms with van der Waals surface area (Å²) in [6.45, 7) is 2.67. The maximum atomic E-state index is 13.0. The number of piperidine rings is 1. The average Bonchev–Trinajstić information content (AvgIpc) is 3.13. The molecule has 0 bridgehead atoms. The van der Waals surface area contributed by atoms with E-state index in [9.17, 15) is 9.18 Å². The van der Waals surface area contributed by atoms with E-state index in [0.717, 1.165) is 29.8 Å². The Bertz CT molecular complexity index is 707. The van der Waals surface area contributed by atoms with Crippen LogP contribution >= 0.6 is 36.2 Å². The third-order valence-electron chi connectivity index (χ3n) is 4.25. The topological polar surface area (TPSA) is 68.5 Å². The van der Waals surface area contributed by atoms with Gasteiger partial charge in [0.2, 0.25) is 0 Å². The lowest BCUT2D eigenvalue weighted by atomic mass is 10.1. The molecule has 1 aliphatic heterocycles. The summed E-state index contributed by atoms with van der Waals surface area (Å²) in [6, 6.07) is 6.14. The van der Waals surface area contributed by atoms with Crippen molar-refractivity contribution in [2.24, 2.45) is 5.73 Å². The van der Waals surface area contributed by atoms with E-state index in [1.54, 1.807) is 17.5 Å². The number of rotatable bonds is 6. The number of aromatic nitrogens is 1. The van der Waals surface area contributed by atoms with Crippen molar-refractivity contribution in [3.63, 3.8) is 0 Å². The first-order valence-corrected chi connectivity index (χ1v) is 9.38. The molecule has 3 rings (SSSR count). The molecule has 2 N–H and O–H groups in total. The molecule has 5 nitrogen and oxygen atoms in total. The van der Waals surface area contributed by atoms with E-state index in [0.29, 0.717) is 31.9 Å². The fraction of sp³-hybridized carbons (Fsp3) is 0.444. The van der Waals surface area contributed by atoms with Crippen LogP contribution < -0.4 is 5.73 Å². The second-order valence-corrected chi connectivity index (χ2v) is 6.91. The number of thiazole rings is 1. The number of hydrogen-bond donors (Lipinski definition) is 1. The molecule has 1 aliphatic rings. The van der Waals surface area contributed by atoms with Gasteiger partial charge in [-0.3, -0.25) is 4.79 Å². The van der Waals surface area contributed by atoms with Crippen molar-refractivity contribution in [3.8, 4) is 10.6 Å². The highest BCUT2D eigenvalue weighted by atomic mass is 35.5. The molecule has 2 heterocycles. The summed E-state index contributed by atoms with van der Waals surface area (Å²) >= 11 is 1.40. The molecule has 0 saturated carbocycles. The summed E-state index contributed by atoms with van der Waals surface area (Å²) in [7, 11) is 0.